The second kappa shape index (κ2) is 5.55. The summed E-state index contributed by atoms with van der Waals surface area (Å²) in [6, 6.07) is 3.87. The summed E-state index contributed by atoms with van der Waals surface area (Å²) < 4.78 is 12.9. The van der Waals surface area contributed by atoms with Crippen molar-refractivity contribution < 1.29 is 9.31 Å². The van der Waals surface area contributed by atoms with Gasteiger partial charge in [-0.1, -0.05) is 6.92 Å². The summed E-state index contributed by atoms with van der Waals surface area (Å²) in [5.41, 5.74) is 0.418. The lowest BCUT2D eigenvalue weighted by atomic mass is 10.0. The molecule has 0 aliphatic carbocycles. The summed E-state index contributed by atoms with van der Waals surface area (Å²) in [6.07, 6.45) is 1.40. The smallest absolute Gasteiger partial charge is 0.275 e. The maximum Gasteiger partial charge on any atom is 0.275 e. The summed E-state index contributed by atoms with van der Waals surface area (Å²) in [5.74, 6) is -0.576. The van der Waals surface area contributed by atoms with E-state index < -0.39 is 10.7 Å². The third-order valence-electron chi connectivity index (χ3n) is 2.61. The van der Waals surface area contributed by atoms with Gasteiger partial charge in [-0.15, -0.1) is 0 Å². The molecule has 1 rings (SSSR count). The average Bonchev–Trinajstić information content (AvgIpc) is 2.27. The van der Waals surface area contributed by atoms with E-state index in [-0.39, 0.29) is 11.7 Å². The zero-order valence-electron chi connectivity index (χ0n) is 9.37. The molecule has 0 spiro atoms. The molecule has 0 aliphatic rings. The molecule has 1 unspecified atom stereocenters. The Morgan fingerprint density at radius 2 is 2.25 bits per heavy atom. The first-order chi connectivity index (χ1) is 7.58. The van der Waals surface area contributed by atoms with Crippen molar-refractivity contribution in [1.82, 2.24) is 5.32 Å². The third kappa shape index (κ3) is 3.00. The van der Waals surface area contributed by atoms with Gasteiger partial charge in [-0.3, -0.25) is 10.1 Å². The first kappa shape index (κ1) is 12.6. The van der Waals surface area contributed by atoms with Crippen molar-refractivity contribution in [3.8, 4) is 0 Å². The van der Waals surface area contributed by atoms with Crippen LogP contribution < -0.4 is 5.32 Å². The van der Waals surface area contributed by atoms with Gasteiger partial charge in [-0.05, 0) is 32.0 Å². The Labute approximate surface area is 93.6 Å². The molecule has 1 N–H and O–H groups in total. The van der Waals surface area contributed by atoms with Gasteiger partial charge in [0.2, 0.25) is 0 Å². The minimum atomic E-state index is -0.576. The Morgan fingerprint density at radius 3 is 2.75 bits per heavy atom. The lowest BCUT2D eigenvalue weighted by Gasteiger charge is -2.13. The second-order valence-electron chi connectivity index (χ2n) is 3.63. The highest BCUT2D eigenvalue weighted by molar-refractivity contribution is 5.40. The van der Waals surface area contributed by atoms with Crippen LogP contribution in [0.25, 0.3) is 0 Å². The van der Waals surface area contributed by atoms with Gasteiger partial charge < -0.3 is 5.32 Å². The van der Waals surface area contributed by atoms with Crippen LogP contribution in [-0.2, 0) is 6.42 Å². The fourth-order valence-corrected chi connectivity index (χ4v) is 1.60. The van der Waals surface area contributed by atoms with Crippen molar-refractivity contribution in [2.45, 2.75) is 25.8 Å². The molecule has 4 nitrogen and oxygen atoms in total. The molecule has 0 amide bonds. The predicted molar refractivity (Wildman–Crippen MR) is 59.9 cm³/mol. The third-order valence-corrected chi connectivity index (χ3v) is 2.61. The maximum atomic E-state index is 12.9. The number of rotatable bonds is 5. The van der Waals surface area contributed by atoms with Gasteiger partial charge in [0.05, 0.1) is 11.0 Å². The highest BCUT2D eigenvalue weighted by atomic mass is 19.1. The number of likely N-dealkylation sites (N-methyl/N-ethyl adjacent to an activating group) is 1. The minimum Gasteiger partial charge on any atom is -0.317 e. The quantitative estimate of drug-likeness (QED) is 0.619. The van der Waals surface area contributed by atoms with Gasteiger partial charge in [0, 0.05) is 11.6 Å². The van der Waals surface area contributed by atoms with Crippen molar-refractivity contribution in [3.05, 3.63) is 39.7 Å². The van der Waals surface area contributed by atoms with Crippen molar-refractivity contribution in [1.29, 1.82) is 0 Å². The highest BCUT2D eigenvalue weighted by Gasteiger charge is 2.17. The molecular weight excluding hydrogens is 211 g/mol. The summed E-state index contributed by atoms with van der Waals surface area (Å²) >= 11 is 0. The summed E-state index contributed by atoms with van der Waals surface area (Å²) in [4.78, 5) is 10.2. The first-order valence-electron chi connectivity index (χ1n) is 5.18. The van der Waals surface area contributed by atoms with Crippen LogP contribution in [0.15, 0.2) is 18.2 Å². The van der Waals surface area contributed by atoms with Crippen molar-refractivity contribution in [3.63, 3.8) is 0 Å². The van der Waals surface area contributed by atoms with Crippen molar-refractivity contribution in [2.24, 2.45) is 0 Å². The van der Waals surface area contributed by atoms with Crippen LogP contribution in [0.5, 0.6) is 0 Å². The molecule has 5 heteroatoms. The predicted octanol–water partition coefficient (Wildman–Crippen LogP) is 2.27. The van der Waals surface area contributed by atoms with E-state index in [1.807, 2.05) is 14.0 Å². The SMILES string of the molecule is CCC(Cc1ccc(F)cc1[N+](=O)[O-])NC. The van der Waals surface area contributed by atoms with Gasteiger partial charge in [-0.2, -0.15) is 0 Å². The number of nitro groups is 1. The summed E-state index contributed by atoms with van der Waals surface area (Å²) in [5, 5.41) is 13.8. The summed E-state index contributed by atoms with van der Waals surface area (Å²) in [7, 11) is 1.81. The van der Waals surface area contributed by atoms with Crippen LogP contribution in [0, 0.1) is 15.9 Å². The number of hydrogen-bond acceptors (Lipinski definition) is 3. The van der Waals surface area contributed by atoms with Crippen LogP contribution in [0.2, 0.25) is 0 Å². The lowest BCUT2D eigenvalue weighted by Crippen LogP contribution is -2.26. The number of benzene rings is 1. The fourth-order valence-electron chi connectivity index (χ4n) is 1.60. The molecule has 0 heterocycles. The minimum absolute atomic E-state index is 0.145. The first-order valence-corrected chi connectivity index (χ1v) is 5.18. The molecule has 16 heavy (non-hydrogen) atoms. The Kier molecular flexibility index (Phi) is 4.37. The van der Waals surface area contributed by atoms with Crippen LogP contribution in [-0.4, -0.2) is 18.0 Å². The standard InChI is InChI=1S/C11H15FN2O2/c1-3-10(13-2)6-8-4-5-9(12)7-11(8)14(15)16/h4-5,7,10,13H,3,6H2,1-2H3. The van der Waals surface area contributed by atoms with Gasteiger partial charge in [-0.25, -0.2) is 4.39 Å². The van der Waals surface area contributed by atoms with E-state index in [9.17, 15) is 14.5 Å². The number of nitrogens with zero attached hydrogens (tertiary/aromatic N) is 1. The second-order valence-corrected chi connectivity index (χ2v) is 3.63. The average molecular weight is 226 g/mol. The zero-order chi connectivity index (χ0) is 12.1. The summed E-state index contributed by atoms with van der Waals surface area (Å²) in [6.45, 7) is 2.00. The van der Waals surface area contributed by atoms with E-state index in [4.69, 9.17) is 0 Å². The van der Waals surface area contributed by atoms with Gasteiger partial charge in [0.1, 0.15) is 5.82 Å². The molecule has 0 saturated heterocycles. The van der Waals surface area contributed by atoms with E-state index in [2.05, 4.69) is 5.32 Å². The molecule has 0 fully saturated rings. The maximum absolute atomic E-state index is 12.9. The Morgan fingerprint density at radius 1 is 1.56 bits per heavy atom. The molecular formula is C11H15FN2O2. The van der Waals surface area contributed by atoms with E-state index in [1.54, 1.807) is 0 Å². The molecule has 0 aliphatic heterocycles. The monoisotopic (exact) mass is 226 g/mol. The van der Waals surface area contributed by atoms with E-state index in [0.29, 0.717) is 12.0 Å². The van der Waals surface area contributed by atoms with E-state index in [0.717, 1.165) is 12.5 Å². The van der Waals surface area contributed by atoms with E-state index >= 15 is 0 Å². The topological polar surface area (TPSA) is 55.2 Å². The van der Waals surface area contributed by atoms with Gasteiger partial charge in [0.15, 0.2) is 0 Å². The normalized spacial score (nSPS) is 12.4. The highest BCUT2D eigenvalue weighted by Crippen LogP contribution is 2.21. The van der Waals surface area contributed by atoms with Crippen LogP contribution in [0.4, 0.5) is 10.1 Å². The van der Waals surface area contributed by atoms with Crippen molar-refractivity contribution in [2.75, 3.05) is 7.05 Å². The Bertz CT molecular complexity index is 378. The van der Waals surface area contributed by atoms with E-state index in [1.165, 1.54) is 12.1 Å². The molecule has 0 radical (unpaired) electrons. The number of nitrogens with one attached hydrogen (secondary N) is 1. The number of hydrogen-bond donors (Lipinski definition) is 1. The number of halogens is 1. The fraction of sp³-hybridized carbons (Fsp3) is 0.455. The largest absolute Gasteiger partial charge is 0.317 e. The van der Waals surface area contributed by atoms with Crippen molar-refractivity contribution >= 4 is 5.69 Å². The molecule has 1 atom stereocenters. The molecule has 1 aromatic carbocycles. The van der Waals surface area contributed by atoms with Crippen LogP contribution in [0.1, 0.15) is 18.9 Å². The zero-order valence-corrected chi connectivity index (χ0v) is 9.37. The number of nitro benzene ring substituents is 1. The molecule has 1 aromatic rings. The van der Waals surface area contributed by atoms with Gasteiger partial charge in [0.25, 0.3) is 5.69 Å². The molecule has 0 bridgehead atoms. The molecule has 0 aromatic heterocycles. The Balaban J connectivity index is 2.98. The lowest BCUT2D eigenvalue weighted by molar-refractivity contribution is -0.385. The van der Waals surface area contributed by atoms with Crippen LogP contribution in [0.3, 0.4) is 0 Å². The van der Waals surface area contributed by atoms with Crippen LogP contribution >= 0.6 is 0 Å². The molecule has 0 saturated carbocycles. The molecule has 88 valence electrons. The Hall–Kier alpha value is -1.49. The van der Waals surface area contributed by atoms with Gasteiger partial charge >= 0.3 is 0 Å².